The number of nitrogens with one attached hydrogen (secondary N) is 1. The Labute approximate surface area is 146 Å². The van der Waals surface area contributed by atoms with Gasteiger partial charge in [-0.3, -0.25) is 9.78 Å². The number of pyridine rings is 1. The number of hydrogen-bond acceptors (Lipinski definition) is 6. The number of carbonyl (C=O) groups is 1. The van der Waals surface area contributed by atoms with Gasteiger partial charge in [0.2, 0.25) is 5.75 Å². The molecule has 0 unspecified atom stereocenters. The van der Waals surface area contributed by atoms with Gasteiger partial charge in [-0.2, -0.15) is 4.98 Å². The van der Waals surface area contributed by atoms with E-state index in [1.165, 1.54) is 19.3 Å². The molecular formula is C18H22N4O3. The maximum atomic E-state index is 12.4. The number of aromatic hydroxyl groups is 2. The van der Waals surface area contributed by atoms with E-state index in [9.17, 15) is 15.0 Å². The van der Waals surface area contributed by atoms with Gasteiger partial charge in [-0.15, -0.1) is 0 Å². The number of rotatable bonds is 4. The van der Waals surface area contributed by atoms with Crippen LogP contribution in [0.1, 0.15) is 48.2 Å². The molecule has 0 saturated heterocycles. The molecule has 25 heavy (non-hydrogen) atoms. The monoisotopic (exact) mass is 342 g/mol. The highest BCUT2D eigenvalue weighted by atomic mass is 16.3. The number of aryl methyl sites for hydroxylation is 1. The lowest BCUT2D eigenvalue weighted by atomic mass is 9.89. The molecule has 7 nitrogen and oxygen atoms in total. The number of hydrogen-bond donors (Lipinski definition) is 3. The van der Waals surface area contributed by atoms with Crippen molar-refractivity contribution in [1.82, 2.24) is 20.3 Å². The van der Waals surface area contributed by atoms with E-state index >= 15 is 0 Å². The third kappa shape index (κ3) is 3.87. The topological polar surface area (TPSA) is 108 Å². The van der Waals surface area contributed by atoms with Crippen molar-refractivity contribution in [2.45, 2.75) is 39.0 Å². The van der Waals surface area contributed by atoms with Crippen LogP contribution in [-0.2, 0) is 0 Å². The summed E-state index contributed by atoms with van der Waals surface area (Å²) in [6.07, 6.45) is 7.39. The number of nitrogens with zero attached hydrogens (tertiary/aromatic N) is 3. The average molecular weight is 342 g/mol. The molecule has 0 spiro atoms. The fourth-order valence-electron chi connectivity index (χ4n) is 3.14. The maximum Gasteiger partial charge on any atom is 0.274 e. The molecule has 7 heteroatoms. The first-order valence-electron chi connectivity index (χ1n) is 8.56. The molecule has 0 bridgehead atoms. The number of aromatic nitrogens is 3. The van der Waals surface area contributed by atoms with Crippen molar-refractivity contribution in [3.05, 3.63) is 29.6 Å². The SMILES string of the molecule is Cc1cccnc1-c1nc(O)c(O)c(C(=O)NCC2CCCCC2)n1. The Bertz CT molecular complexity index is 773. The molecule has 0 atom stereocenters. The minimum Gasteiger partial charge on any atom is -0.501 e. The van der Waals surface area contributed by atoms with Crippen molar-refractivity contribution in [3.8, 4) is 23.1 Å². The second-order valence-electron chi connectivity index (χ2n) is 6.45. The summed E-state index contributed by atoms with van der Waals surface area (Å²) in [6.45, 7) is 2.37. The summed E-state index contributed by atoms with van der Waals surface area (Å²) in [5.74, 6) is -1.20. The Kier molecular flexibility index (Phi) is 5.11. The minimum absolute atomic E-state index is 0.108. The molecule has 0 aliphatic heterocycles. The predicted octanol–water partition coefficient (Wildman–Crippen LogP) is 2.57. The molecule has 0 aromatic carbocycles. The van der Waals surface area contributed by atoms with Gasteiger partial charge in [-0.1, -0.05) is 25.3 Å². The number of amides is 1. The van der Waals surface area contributed by atoms with Gasteiger partial charge in [0.05, 0.1) is 0 Å². The number of carbonyl (C=O) groups excluding carboxylic acids is 1. The molecule has 0 radical (unpaired) electrons. The van der Waals surface area contributed by atoms with E-state index in [0.29, 0.717) is 18.2 Å². The summed E-state index contributed by atoms with van der Waals surface area (Å²) >= 11 is 0. The standard InChI is InChI=1S/C18H22N4O3/c1-11-6-5-9-19-13(11)16-21-14(15(23)18(25)22-16)17(24)20-10-12-7-3-2-4-8-12/h5-6,9,12,23H,2-4,7-8,10H2,1H3,(H,20,24)(H,21,22,25). The van der Waals surface area contributed by atoms with Crippen LogP contribution in [0.5, 0.6) is 11.6 Å². The minimum atomic E-state index is -0.627. The van der Waals surface area contributed by atoms with Crippen molar-refractivity contribution >= 4 is 5.91 Å². The van der Waals surface area contributed by atoms with Crippen LogP contribution >= 0.6 is 0 Å². The van der Waals surface area contributed by atoms with Crippen LogP contribution in [0, 0.1) is 12.8 Å². The van der Waals surface area contributed by atoms with Crippen molar-refractivity contribution in [2.24, 2.45) is 5.92 Å². The first-order valence-corrected chi connectivity index (χ1v) is 8.56. The lowest BCUT2D eigenvalue weighted by Gasteiger charge is -2.21. The Morgan fingerprint density at radius 1 is 1.24 bits per heavy atom. The normalized spacial score (nSPS) is 15.1. The van der Waals surface area contributed by atoms with Crippen molar-refractivity contribution < 1.29 is 15.0 Å². The highest BCUT2D eigenvalue weighted by molar-refractivity contribution is 5.95. The van der Waals surface area contributed by atoms with Crippen LogP contribution in [0.2, 0.25) is 0 Å². The summed E-state index contributed by atoms with van der Waals surface area (Å²) in [5, 5.41) is 22.7. The Balaban J connectivity index is 1.82. The molecule has 1 aliphatic carbocycles. The van der Waals surface area contributed by atoms with E-state index in [4.69, 9.17) is 0 Å². The summed E-state index contributed by atoms with van der Waals surface area (Å²) in [6, 6.07) is 3.61. The van der Waals surface area contributed by atoms with Crippen LogP contribution in [0.4, 0.5) is 0 Å². The van der Waals surface area contributed by atoms with Crippen molar-refractivity contribution in [1.29, 1.82) is 0 Å². The second kappa shape index (κ2) is 7.46. The second-order valence-corrected chi connectivity index (χ2v) is 6.45. The zero-order chi connectivity index (χ0) is 17.8. The first-order chi connectivity index (χ1) is 12.1. The van der Waals surface area contributed by atoms with Crippen LogP contribution in [-0.4, -0.2) is 37.6 Å². The third-order valence-corrected chi connectivity index (χ3v) is 4.58. The molecule has 1 saturated carbocycles. The summed E-state index contributed by atoms with van der Waals surface area (Å²) < 4.78 is 0. The molecule has 2 aromatic heterocycles. The predicted molar refractivity (Wildman–Crippen MR) is 92.2 cm³/mol. The van der Waals surface area contributed by atoms with Gasteiger partial charge in [0.25, 0.3) is 11.8 Å². The Hall–Kier alpha value is -2.70. The van der Waals surface area contributed by atoms with Gasteiger partial charge in [-0.25, -0.2) is 4.98 Å². The van der Waals surface area contributed by atoms with Crippen molar-refractivity contribution in [3.63, 3.8) is 0 Å². The molecule has 3 N–H and O–H groups in total. The fourth-order valence-corrected chi connectivity index (χ4v) is 3.14. The third-order valence-electron chi connectivity index (χ3n) is 4.58. The zero-order valence-corrected chi connectivity index (χ0v) is 14.2. The Morgan fingerprint density at radius 3 is 2.72 bits per heavy atom. The molecule has 1 aliphatic rings. The molecular weight excluding hydrogens is 320 g/mol. The van der Waals surface area contributed by atoms with Crippen LogP contribution in [0.15, 0.2) is 18.3 Å². The van der Waals surface area contributed by atoms with Gasteiger partial charge in [0.1, 0.15) is 5.69 Å². The largest absolute Gasteiger partial charge is 0.501 e. The average Bonchev–Trinajstić information content (AvgIpc) is 2.63. The van der Waals surface area contributed by atoms with E-state index in [1.807, 2.05) is 13.0 Å². The van der Waals surface area contributed by atoms with E-state index in [1.54, 1.807) is 12.3 Å². The van der Waals surface area contributed by atoms with Gasteiger partial charge in [0.15, 0.2) is 11.5 Å². The van der Waals surface area contributed by atoms with Gasteiger partial charge in [0, 0.05) is 12.7 Å². The van der Waals surface area contributed by atoms with E-state index in [0.717, 1.165) is 18.4 Å². The highest BCUT2D eigenvalue weighted by Crippen LogP contribution is 2.29. The summed E-state index contributed by atoms with van der Waals surface area (Å²) in [5.41, 5.74) is 1.03. The molecule has 2 heterocycles. The Morgan fingerprint density at radius 2 is 2.00 bits per heavy atom. The van der Waals surface area contributed by atoms with Crippen LogP contribution in [0.25, 0.3) is 11.5 Å². The quantitative estimate of drug-likeness (QED) is 0.788. The molecule has 1 amide bonds. The molecule has 132 valence electrons. The highest BCUT2D eigenvalue weighted by Gasteiger charge is 2.22. The van der Waals surface area contributed by atoms with Crippen LogP contribution in [0.3, 0.4) is 0 Å². The summed E-state index contributed by atoms with van der Waals surface area (Å²) in [4.78, 5) is 24.6. The van der Waals surface area contributed by atoms with E-state index < -0.39 is 17.5 Å². The fraction of sp³-hybridized carbons (Fsp3) is 0.444. The summed E-state index contributed by atoms with van der Waals surface area (Å²) in [7, 11) is 0. The van der Waals surface area contributed by atoms with E-state index in [-0.39, 0.29) is 11.5 Å². The molecule has 2 aromatic rings. The maximum absolute atomic E-state index is 12.4. The lowest BCUT2D eigenvalue weighted by molar-refractivity contribution is 0.0934. The first kappa shape index (κ1) is 17.1. The van der Waals surface area contributed by atoms with E-state index in [2.05, 4.69) is 20.3 Å². The van der Waals surface area contributed by atoms with Crippen LogP contribution < -0.4 is 5.32 Å². The molecule has 1 fully saturated rings. The zero-order valence-electron chi connectivity index (χ0n) is 14.2. The van der Waals surface area contributed by atoms with Crippen molar-refractivity contribution in [2.75, 3.05) is 6.54 Å². The van der Waals surface area contributed by atoms with Gasteiger partial charge < -0.3 is 15.5 Å². The van der Waals surface area contributed by atoms with Gasteiger partial charge >= 0.3 is 0 Å². The lowest BCUT2D eigenvalue weighted by Crippen LogP contribution is -2.31. The molecule has 3 rings (SSSR count). The van der Waals surface area contributed by atoms with Gasteiger partial charge in [-0.05, 0) is 37.3 Å². The smallest absolute Gasteiger partial charge is 0.274 e.